The van der Waals surface area contributed by atoms with E-state index >= 15 is 0 Å². The molecule has 0 saturated carbocycles. The van der Waals surface area contributed by atoms with Crippen LogP contribution in [0.2, 0.25) is 5.02 Å². The van der Waals surface area contributed by atoms with Crippen LogP contribution < -0.4 is 5.32 Å². The van der Waals surface area contributed by atoms with E-state index in [0.29, 0.717) is 17.0 Å². The van der Waals surface area contributed by atoms with E-state index in [2.05, 4.69) is 17.4 Å². The predicted octanol–water partition coefficient (Wildman–Crippen LogP) is 4.40. The molecule has 0 fully saturated rings. The highest BCUT2D eigenvalue weighted by Crippen LogP contribution is 2.21. The Kier molecular flexibility index (Phi) is 5.89. The molecule has 1 unspecified atom stereocenters. The van der Waals surface area contributed by atoms with Gasteiger partial charge in [0, 0.05) is 21.7 Å². The van der Waals surface area contributed by atoms with Gasteiger partial charge in [-0.15, -0.1) is 11.8 Å². The van der Waals surface area contributed by atoms with Gasteiger partial charge in [0.05, 0.1) is 0 Å². The van der Waals surface area contributed by atoms with Gasteiger partial charge in [0.15, 0.2) is 0 Å². The number of nitrogens with one attached hydrogen (secondary N) is 1. The molecule has 2 aromatic rings. The lowest BCUT2D eigenvalue weighted by molar-refractivity contribution is 0.568. The van der Waals surface area contributed by atoms with Crippen LogP contribution in [0.5, 0.6) is 0 Å². The fourth-order valence-corrected chi connectivity index (χ4v) is 3.15. The third-order valence-electron chi connectivity index (χ3n) is 3.08. The molecule has 20 heavy (non-hydrogen) atoms. The summed E-state index contributed by atoms with van der Waals surface area (Å²) in [5, 5.41) is 3.81. The van der Waals surface area contributed by atoms with Crippen LogP contribution in [0.1, 0.15) is 5.56 Å². The van der Waals surface area contributed by atoms with Crippen LogP contribution in [-0.4, -0.2) is 18.8 Å². The van der Waals surface area contributed by atoms with E-state index in [0.717, 1.165) is 5.75 Å². The minimum atomic E-state index is -0.195. The highest BCUT2D eigenvalue weighted by molar-refractivity contribution is 7.99. The monoisotopic (exact) mass is 309 g/mol. The average molecular weight is 310 g/mol. The maximum atomic E-state index is 13.7. The summed E-state index contributed by atoms with van der Waals surface area (Å²) >= 11 is 7.69. The molecule has 1 atom stereocenters. The van der Waals surface area contributed by atoms with Gasteiger partial charge in [-0.25, -0.2) is 4.39 Å². The highest BCUT2D eigenvalue weighted by atomic mass is 35.5. The van der Waals surface area contributed by atoms with Crippen molar-refractivity contribution in [3.8, 4) is 0 Å². The van der Waals surface area contributed by atoms with Crippen LogP contribution in [-0.2, 0) is 6.42 Å². The van der Waals surface area contributed by atoms with Gasteiger partial charge in [-0.2, -0.15) is 0 Å². The molecule has 4 heteroatoms. The topological polar surface area (TPSA) is 12.0 Å². The fraction of sp³-hybridized carbons (Fsp3) is 0.250. The zero-order chi connectivity index (χ0) is 14.4. The van der Waals surface area contributed by atoms with E-state index in [1.54, 1.807) is 23.9 Å². The van der Waals surface area contributed by atoms with Crippen molar-refractivity contribution in [1.29, 1.82) is 0 Å². The van der Waals surface area contributed by atoms with Gasteiger partial charge in [0.2, 0.25) is 0 Å². The number of rotatable bonds is 6. The van der Waals surface area contributed by atoms with Crippen molar-refractivity contribution in [2.24, 2.45) is 0 Å². The van der Waals surface area contributed by atoms with E-state index in [-0.39, 0.29) is 11.9 Å². The number of hydrogen-bond donors (Lipinski definition) is 1. The van der Waals surface area contributed by atoms with Gasteiger partial charge in [-0.05, 0) is 49.4 Å². The highest BCUT2D eigenvalue weighted by Gasteiger charge is 2.11. The number of halogens is 2. The summed E-state index contributed by atoms with van der Waals surface area (Å²) in [5.74, 6) is 0.686. The maximum absolute atomic E-state index is 13.7. The molecule has 1 nitrogen and oxygen atoms in total. The standard InChI is InChI=1S/C16H17ClFNS/c1-19-14(11-20-15-5-3-2-4-6-15)10-12-9-13(17)7-8-16(12)18/h2-9,14,19H,10-11H2,1H3. The molecule has 0 spiro atoms. The van der Waals surface area contributed by atoms with E-state index in [4.69, 9.17) is 11.6 Å². The fourth-order valence-electron chi connectivity index (χ4n) is 1.92. The number of thioether (sulfide) groups is 1. The molecule has 106 valence electrons. The summed E-state index contributed by atoms with van der Waals surface area (Å²) < 4.78 is 13.7. The van der Waals surface area contributed by atoms with E-state index < -0.39 is 0 Å². The van der Waals surface area contributed by atoms with Gasteiger partial charge in [0.25, 0.3) is 0 Å². The first-order valence-electron chi connectivity index (χ1n) is 6.48. The molecule has 0 aliphatic heterocycles. The van der Waals surface area contributed by atoms with E-state index in [9.17, 15) is 4.39 Å². The lowest BCUT2D eigenvalue weighted by Gasteiger charge is -2.16. The molecular weight excluding hydrogens is 293 g/mol. The Bertz CT molecular complexity index is 547. The molecule has 0 aliphatic carbocycles. The molecule has 0 radical (unpaired) electrons. The van der Waals surface area contributed by atoms with Crippen molar-refractivity contribution in [2.75, 3.05) is 12.8 Å². The lowest BCUT2D eigenvalue weighted by atomic mass is 10.1. The Labute approximate surface area is 128 Å². The molecule has 0 aliphatic rings. The van der Waals surface area contributed by atoms with E-state index in [1.807, 2.05) is 25.2 Å². The molecule has 2 aromatic carbocycles. The van der Waals surface area contributed by atoms with Gasteiger partial charge in [-0.3, -0.25) is 0 Å². The van der Waals surface area contributed by atoms with Crippen LogP contribution in [0.3, 0.4) is 0 Å². The van der Waals surface area contributed by atoms with Crippen LogP contribution in [0.4, 0.5) is 4.39 Å². The van der Waals surface area contributed by atoms with Crippen molar-refractivity contribution in [3.05, 3.63) is 64.9 Å². The second-order valence-corrected chi connectivity index (χ2v) is 6.08. The molecule has 1 N–H and O–H groups in total. The van der Waals surface area contributed by atoms with Crippen molar-refractivity contribution in [2.45, 2.75) is 17.4 Å². The Hall–Kier alpha value is -1.03. The molecular formula is C16H17ClFNS. The lowest BCUT2D eigenvalue weighted by Crippen LogP contribution is -2.30. The Balaban J connectivity index is 1.97. The molecule has 2 rings (SSSR count). The minimum Gasteiger partial charge on any atom is -0.316 e. The van der Waals surface area contributed by atoms with Crippen molar-refractivity contribution >= 4 is 23.4 Å². The van der Waals surface area contributed by atoms with Gasteiger partial charge in [0.1, 0.15) is 5.82 Å². The second-order valence-electron chi connectivity index (χ2n) is 4.55. The Morgan fingerprint density at radius 3 is 2.65 bits per heavy atom. The molecule has 0 heterocycles. The molecule has 0 saturated heterocycles. The maximum Gasteiger partial charge on any atom is 0.126 e. The van der Waals surface area contributed by atoms with Crippen LogP contribution in [0, 0.1) is 5.82 Å². The summed E-state index contributed by atoms with van der Waals surface area (Å²) in [4.78, 5) is 1.22. The zero-order valence-corrected chi connectivity index (χ0v) is 12.8. The summed E-state index contributed by atoms with van der Waals surface area (Å²) in [7, 11) is 1.90. The van der Waals surface area contributed by atoms with Crippen LogP contribution in [0.25, 0.3) is 0 Å². The first kappa shape index (κ1) is 15.4. The average Bonchev–Trinajstić information content (AvgIpc) is 2.48. The van der Waals surface area contributed by atoms with Crippen molar-refractivity contribution < 1.29 is 4.39 Å². The SMILES string of the molecule is CNC(CSc1ccccc1)Cc1cc(Cl)ccc1F. The Morgan fingerprint density at radius 2 is 1.95 bits per heavy atom. The molecule has 0 aromatic heterocycles. The largest absolute Gasteiger partial charge is 0.316 e. The van der Waals surface area contributed by atoms with Crippen LogP contribution in [0.15, 0.2) is 53.4 Å². The summed E-state index contributed by atoms with van der Waals surface area (Å²) in [6.07, 6.45) is 0.628. The summed E-state index contributed by atoms with van der Waals surface area (Å²) in [5.41, 5.74) is 0.658. The summed E-state index contributed by atoms with van der Waals surface area (Å²) in [6, 6.07) is 15.1. The van der Waals surface area contributed by atoms with Crippen molar-refractivity contribution in [3.63, 3.8) is 0 Å². The second kappa shape index (κ2) is 7.67. The molecule has 0 amide bonds. The predicted molar refractivity (Wildman–Crippen MR) is 85.1 cm³/mol. The number of benzene rings is 2. The van der Waals surface area contributed by atoms with Gasteiger partial charge < -0.3 is 5.32 Å². The third-order valence-corrected chi connectivity index (χ3v) is 4.49. The molecule has 0 bridgehead atoms. The van der Waals surface area contributed by atoms with E-state index in [1.165, 1.54) is 11.0 Å². The smallest absolute Gasteiger partial charge is 0.126 e. The Morgan fingerprint density at radius 1 is 1.20 bits per heavy atom. The minimum absolute atomic E-state index is 0.195. The van der Waals surface area contributed by atoms with Gasteiger partial charge >= 0.3 is 0 Å². The van der Waals surface area contributed by atoms with Crippen molar-refractivity contribution in [1.82, 2.24) is 5.32 Å². The van der Waals surface area contributed by atoms with Crippen LogP contribution >= 0.6 is 23.4 Å². The first-order valence-corrected chi connectivity index (χ1v) is 7.84. The number of likely N-dealkylation sites (N-methyl/N-ethyl adjacent to an activating group) is 1. The first-order chi connectivity index (χ1) is 9.69. The van der Waals surface area contributed by atoms with Gasteiger partial charge in [-0.1, -0.05) is 29.8 Å². The normalized spacial score (nSPS) is 12.3. The zero-order valence-electron chi connectivity index (χ0n) is 11.3. The number of hydrogen-bond acceptors (Lipinski definition) is 2. The quantitative estimate of drug-likeness (QED) is 0.794. The third kappa shape index (κ3) is 4.51. The summed E-state index contributed by atoms with van der Waals surface area (Å²) in [6.45, 7) is 0.